The van der Waals surface area contributed by atoms with Crippen molar-refractivity contribution in [3.63, 3.8) is 0 Å². The summed E-state index contributed by atoms with van der Waals surface area (Å²) >= 11 is 0. The van der Waals surface area contributed by atoms with Crippen molar-refractivity contribution in [3.05, 3.63) is 0 Å². The Balaban J connectivity index is 1.13. The van der Waals surface area contributed by atoms with Crippen LogP contribution in [0.2, 0.25) is 0 Å². The van der Waals surface area contributed by atoms with Gasteiger partial charge in [-0.1, -0.05) is 0 Å². The van der Waals surface area contributed by atoms with E-state index in [0.717, 1.165) is 0 Å². The van der Waals surface area contributed by atoms with E-state index in [2.05, 4.69) is 0 Å². The van der Waals surface area contributed by atoms with Gasteiger partial charge in [0.15, 0.2) is 37.7 Å². The van der Waals surface area contributed by atoms with Crippen LogP contribution in [-0.4, -0.2) is 350 Å². The van der Waals surface area contributed by atoms with Gasteiger partial charge in [0.25, 0.3) is 0 Å². The Labute approximate surface area is 407 Å². The van der Waals surface area contributed by atoms with E-state index in [1.54, 1.807) is 0 Å². The van der Waals surface area contributed by atoms with Crippen molar-refractivity contribution in [1.82, 2.24) is 0 Å². The van der Waals surface area contributed by atoms with Crippen LogP contribution in [0.3, 0.4) is 0 Å². The summed E-state index contributed by atoms with van der Waals surface area (Å²) in [7, 11) is 0. The number of aliphatic hydroxyl groups excluding tert-OH is 21. The SMILES string of the molecule is OC[C@H]1O[C@H](OC[C@H]2O[C@@H](OC[C@H]3O[C@H](O)[C@H](O)[C@@H](O)[C@@H]3O)[C@H](O)[C@@H](O)[C@@H]2OCC(O)CO[C@H]2[C@H](O)[C@@H](O)[C@@H](OC[C@H]3O[C@H](O)[C@H](O)[C@@H](O)[C@@H]3O)O[C@@H]2CO[C@H]2O[C@H](CO)[C@@H](O)[C@H](O)[C@H]2O)[C@H](O)[C@@H](O)[C@@H]1O. The monoisotopic (exact) mass is 1060 g/mol. The van der Waals surface area contributed by atoms with Gasteiger partial charge in [0.1, 0.15) is 153 Å². The molecular formula is C39H68O33. The molecule has 422 valence electrons. The van der Waals surface area contributed by atoms with Crippen molar-refractivity contribution < 1.29 is 164 Å². The summed E-state index contributed by atoms with van der Waals surface area (Å²) < 4.78 is 66.1. The third-order valence-electron chi connectivity index (χ3n) is 13.0. The standard InChI is InChI=1S/C39H68O33/c40-1-10-16(43)22(49)28(55)36(69-10)65-7-14-32(24(51)30(57)38(71-14)63-5-12-18(45)20(47)26(53)34(59)67-12)61-3-9(42)4-62-33-15(8-66-37-29(56)23(50)17(44)11(2-41)70-37)72-39(31(58)25(33)52)64-6-13-19(46)21(48)27(54)35(60)68-13/h9-60H,1-8H2/t9?,10-,11-,12-,13-,14-,15-,16-,17-,18-,19-,20+,21+,22+,23+,24-,25-,26-,27-,28-,29-,30-,31-,32-,33-,34+,35+,36+,37+,38-,39+/m1/s1. The largest absolute Gasteiger partial charge is 0.394 e. The average molecular weight is 1060 g/mol. The molecule has 0 radical (unpaired) electrons. The first-order valence-electron chi connectivity index (χ1n) is 22.8. The number of aliphatic hydroxyl groups is 21. The minimum atomic E-state index is -2.03. The fourth-order valence-electron chi connectivity index (χ4n) is 8.57. The molecule has 0 bridgehead atoms. The summed E-state index contributed by atoms with van der Waals surface area (Å²) in [6.45, 7) is -6.34. The van der Waals surface area contributed by atoms with E-state index in [1.807, 2.05) is 0 Å². The van der Waals surface area contributed by atoms with Crippen LogP contribution in [0.15, 0.2) is 0 Å². The molecule has 0 aromatic rings. The lowest BCUT2D eigenvalue weighted by Gasteiger charge is -2.45. The van der Waals surface area contributed by atoms with Crippen LogP contribution < -0.4 is 0 Å². The first kappa shape index (κ1) is 59.9. The van der Waals surface area contributed by atoms with Crippen LogP contribution >= 0.6 is 0 Å². The molecule has 0 saturated carbocycles. The molecule has 6 saturated heterocycles. The van der Waals surface area contributed by atoms with E-state index in [4.69, 9.17) is 56.8 Å². The summed E-state index contributed by atoms with van der Waals surface area (Å²) in [6.07, 6.45) is -56.0. The molecule has 0 aromatic carbocycles. The van der Waals surface area contributed by atoms with Crippen LogP contribution in [0.5, 0.6) is 0 Å². The highest BCUT2D eigenvalue weighted by Crippen LogP contribution is 2.32. The summed E-state index contributed by atoms with van der Waals surface area (Å²) in [4.78, 5) is 0. The number of rotatable bonds is 20. The van der Waals surface area contributed by atoms with E-state index in [-0.39, 0.29) is 0 Å². The average Bonchev–Trinajstić information content (AvgIpc) is 3.36. The zero-order valence-corrected chi connectivity index (χ0v) is 37.8. The minimum Gasteiger partial charge on any atom is -0.394 e. The molecule has 0 amide bonds. The summed E-state index contributed by atoms with van der Waals surface area (Å²) in [5, 5.41) is 217. The van der Waals surface area contributed by atoms with Gasteiger partial charge in [0.2, 0.25) is 0 Å². The van der Waals surface area contributed by atoms with Gasteiger partial charge in [-0.25, -0.2) is 0 Å². The molecule has 72 heavy (non-hydrogen) atoms. The second-order valence-electron chi connectivity index (χ2n) is 18.1. The highest BCUT2D eigenvalue weighted by Gasteiger charge is 2.53. The summed E-state index contributed by atoms with van der Waals surface area (Å²) in [5.74, 6) is 0. The van der Waals surface area contributed by atoms with Gasteiger partial charge in [-0.2, -0.15) is 0 Å². The van der Waals surface area contributed by atoms with Crippen molar-refractivity contribution in [2.45, 2.75) is 190 Å². The third-order valence-corrected chi connectivity index (χ3v) is 13.0. The molecule has 33 nitrogen and oxygen atoms in total. The van der Waals surface area contributed by atoms with E-state index >= 15 is 0 Å². The van der Waals surface area contributed by atoms with Gasteiger partial charge in [-0.15, -0.1) is 0 Å². The lowest BCUT2D eigenvalue weighted by molar-refractivity contribution is -0.346. The van der Waals surface area contributed by atoms with Crippen molar-refractivity contribution in [2.75, 3.05) is 52.9 Å². The molecule has 6 aliphatic heterocycles. The Hall–Kier alpha value is -1.32. The first-order valence-corrected chi connectivity index (χ1v) is 22.8. The Kier molecular flexibility index (Phi) is 21.9. The molecule has 33 heteroatoms. The topological polar surface area (TPSA) is 536 Å². The van der Waals surface area contributed by atoms with Gasteiger partial charge in [0, 0.05) is 0 Å². The van der Waals surface area contributed by atoms with Crippen LogP contribution in [0.25, 0.3) is 0 Å². The summed E-state index contributed by atoms with van der Waals surface area (Å²) in [5.41, 5.74) is 0. The predicted octanol–water partition coefficient (Wildman–Crippen LogP) is -14.7. The molecule has 0 aromatic heterocycles. The van der Waals surface area contributed by atoms with Crippen molar-refractivity contribution >= 4 is 0 Å². The van der Waals surface area contributed by atoms with Gasteiger partial charge >= 0.3 is 0 Å². The maximum absolute atomic E-state index is 11.3. The molecule has 21 N–H and O–H groups in total. The Bertz CT molecular complexity index is 1500. The molecular weight excluding hydrogens is 996 g/mol. The Morgan fingerprint density at radius 3 is 0.861 bits per heavy atom. The lowest BCUT2D eigenvalue weighted by Crippen LogP contribution is -2.63. The first-order chi connectivity index (χ1) is 34.0. The van der Waals surface area contributed by atoms with Gasteiger partial charge in [-0.3, -0.25) is 0 Å². The van der Waals surface area contributed by atoms with Crippen LogP contribution in [-0.2, 0) is 56.8 Å². The summed E-state index contributed by atoms with van der Waals surface area (Å²) in [6, 6.07) is 0. The highest BCUT2D eigenvalue weighted by molar-refractivity contribution is 4.96. The van der Waals surface area contributed by atoms with Gasteiger partial charge in [0.05, 0.1) is 52.9 Å². The van der Waals surface area contributed by atoms with E-state index < -0.39 is 243 Å². The van der Waals surface area contributed by atoms with E-state index in [1.165, 1.54) is 0 Å². The lowest BCUT2D eigenvalue weighted by atomic mass is 9.97. The normalized spacial score (nSPS) is 51.0. The molecule has 6 heterocycles. The van der Waals surface area contributed by atoms with E-state index in [0.29, 0.717) is 0 Å². The molecule has 6 rings (SSSR count). The van der Waals surface area contributed by atoms with Gasteiger partial charge in [-0.05, 0) is 0 Å². The second-order valence-corrected chi connectivity index (χ2v) is 18.1. The molecule has 1 unspecified atom stereocenters. The maximum Gasteiger partial charge on any atom is 0.186 e. The Morgan fingerprint density at radius 1 is 0.278 bits per heavy atom. The van der Waals surface area contributed by atoms with Crippen LogP contribution in [0.1, 0.15) is 0 Å². The maximum atomic E-state index is 11.3. The fourth-order valence-corrected chi connectivity index (χ4v) is 8.57. The number of hydrogen-bond acceptors (Lipinski definition) is 33. The quantitative estimate of drug-likeness (QED) is 0.0538. The Morgan fingerprint density at radius 2 is 0.542 bits per heavy atom. The zero-order chi connectivity index (χ0) is 53.0. The van der Waals surface area contributed by atoms with Crippen LogP contribution in [0.4, 0.5) is 0 Å². The number of hydrogen-bond donors (Lipinski definition) is 21. The molecule has 6 aliphatic rings. The highest BCUT2D eigenvalue weighted by atomic mass is 16.8. The fraction of sp³-hybridized carbons (Fsp3) is 1.00. The molecule has 31 atom stereocenters. The third kappa shape index (κ3) is 13.5. The molecule has 6 fully saturated rings. The second kappa shape index (κ2) is 26.4. The zero-order valence-electron chi connectivity index (χ0n) is 37.8. The number of ether oxygens (including phenoxy) is 12. The van der Waals surface area contributed by atoms with E-state index in [9.17, 15) is 107 Å². The van der Waals surface area contributed by atoms with Crippen molar-refractivity contribution in [1.29, 1.82) is 0 Å². The minimum absolute atomic E-state index is 0.748. The smallest absolute Gasteiger partial charge is 0.186 e. The van der Waals surface area contributed by atoms with Crippen LogP contribution in [0, 0.1) is 0 Å². The molecule has 0 aliphatic carbocycles. The molecule has 0 spiro atoms. The van der Waals surface area contributed by atoms with Gasteiger partial charge < -0.3 is 164 Å². The predicted molar refractivity (Wildman–Crippen MR) is 216 cm³/mol. The van der Waals surface area contributed by atoms with Crippen molar-refractivity contribution in [3.8, 4) is 0 Å². The van der Waals surface area contributed by atoms with Crippen molar-refractivity contribution in [2.24, 2.45) is 0 Å².